The number of ether oxygens (including phenoxy) is 1. The molecular weight excluding hydrogens is 258 g/mol. The Morgan fingerprint density at radius 1 is 1.00 bits per heavy atom. The summed E-state index contributed by atoms with van der Waals surface area (Å²) in [6.45, 7) is 0.579. The Bertz CT molecular complexity index is 248. The summed E-state index contributed by atoms with van der Waals surface area (Å²) in [5, 5.41) is 0.176. The van der Waals surface area contributed by atoms with Crippen LogP contribution in [0.25, 0.3) is 0 Å². The van der Waals surface area contributed by atoms with Gasteiger partial charge in [0.15, 0.2) is 0 Å². The predicted molar refractivity (Wildman–Crippen MR) is 82.8 cm³/mol. The second-order valence-corrected chi connectivity index (χ2v) is 7.46. The summed E-state index contributed by atoms with van der Waals surface area (Å²) in [4.78, 5) is 0. The predicted octanol–water partition coefficient (Wildman–Crippen LogP) is 2.99. The van der Waals surface area contributed by atoms with E-state index in [4.69, 9.17) is 10.5 Å². The molecule has 1 aliphatic rings. The van der Waals surface area contributed by atoms with Gasteiger partial charge >= 0.3 is 0 Å². The summed E-state index contributed by atoms with van der Waals surface area (Å²) < 4.78 is 17.4. The first-order valence-electron chi connectivity index (χ1n) is 7.87. The molecule has 0 bridgehead atoms. The Kier molecular flexibility index (Phi) is 9.74. The van der Waals surface area contributed by atoms with Crippen LogP contribution < -0.4 is 5.73 Å². The average Bonchev–Trinajstić information content (AvgIpc) is 2.40. The third-order valence-corrected chi connectivity index (χ3v) is 5.91. The number of hydrogen-bond acceptors (Lipinski definition) is 3. The van der Waals surface area contributed by atoms with Gasteiger partial charge in [0, 0.05) is 35.0 Å². The van der Waals surface area contributed by atoms with E-state index in [2.05, 4.69) is 0 Å². The zero-order valence-electron chi connectivity index (χ0n) is 12.4. The van der Waals surface area contributed by atoms with E-state index in [1.165, 1.54) is 51.4 Å². The monoisotopic (exact) mass is 289 g/mol. The van der Waals surface area contributed by atoms with Crippen LogP contribution in [-0.2, 0) is 15.5 Å². The molecule has 0 heterocycles. The summed E-state index contributed by atoms with van der Waals surface area (Å²) in [6, 6.07) is 0.108. The topological polar surface area (TPSA) is 52.3 Å². The van der Waals surface area contributed by atoms with E-state index in [9.17, 15) is 4.21 Å². The molecule has 0 amide bonds. The molecule has 3 unspecified atom stereocenters. The molecule has 114 valence electrons. The van der Waals surface area contributed by atoms with Gasteiger partial charge in [-0.3, -0.25) is 4.21 Å². The van der Waals surface area contributed by atoms with E-state index >= 15 is 0 Å². The molecule has 1 aliphatic carbocycles. The minimum absolute atomic E-state index is 0.108. The molecule has 3 nitrogen and oxygen atoms in total. The van der Waals surface area contributed by atoms with Crippen molar-refractivity contribution in [3.63, 3.8) is 0 Å². The SMILES string of the molecule is COCCS(=O)C1CCCCCCCCCCC1N. The van der Waals surface area contributed by atoms with Crippen LogP contribution >= 0.6 is 0 Å². The molecule has 0 aromatic carbocycles. The Balaban J connectivity index is 2.47. The number of hydrogen-bond donors (Lipinski definition) is 1. The van der Waals surface area contributed by atoms with Crippen molar-refractivity contribution in [2.24, 2.45) is 5.73 Å². The van der Waals surface area contributed by atoms with Crippen molar-refractivity contribution in [1.82, 2.24) is 0 Å². The standard InChI is InChI=1S/C15H31NO2S/c1-18-12-13-19(17)15-11-9-7-5-3-2-4-6-8-10-14(15)16/h14-15H,2-13,16H2,1H3. The van der Waals surface area contributed by atoms with Crippen LogP contribution in [0.2, 0.25) is 0 Å². The highest BCUT2D eigenvalue weighted by Gasteiger charge is 2.23. The van der Waals surface area contributed by atoms with Gasteiger partial charge in [-0.25, -0.2) is 0 Å². The third kappa shape index (κ3) is 7.42. The van der Waals surface area contributed by atoms with Crippen molar-refractivity contribution in [2.45, 2.75) is 75.5 Å². The van der Waals surface area contributed by atoms with E-state index in [1.807, 2.05) is 0 Å². The molecule has 4 heteroatoms. The molecule has 3 atom stereocenters. The first kappa shape index (κ1) is 17.1. The van der Waals surface area contributed by atoms with Gasteiger partial charge in [0.25, 0.3) is 0 Å². The molecular formula is C15H31NO2S. The van der Waals surface area contributed by atoms with Gasteiger partial charge in [-0.2, -0.15) is 0 Å². The molecule has 0 radical (unpaired) electrons. The van der Waals surface area contributed by atoms with Crippen molar-refractivity contribution in [1.29, 1.82) is 0 Å². The van der Waals surface area contributed by atoms with Crippen molar-refractivity contribution < 1.29 is 8.95 Å². The van der Waals surface area contributed by atoms with Gasteiger partial charge in [0.1, 0.15) is 0 Å². The minimum Gasteiger partial charge on any atom is -0.384 e. The molecule has 1 rings (SSSR count). The van der Waals surface area contributed by atoms with Gasteiger partial charge < -0.3 is 10.5 Å². The lowest BCUT2D eigenvalue weighted by Gasteiger charge is -2.24. The van der Waals surface area contributed by atoms with Gasteiger partial charge in [-0.05, 0) is 12.8 Å². The molecule has 1 saturated carbocycles. The van der Waals surface area contributed by atoms with Crippen molar-refractivity contribution in [3.05, 3.63) is 0 Å². The first-order valence-corrected chi connectivity index (χ1v) is 9.25. The minimum atomic E-state index is -0.829. The summed E-state index contributed by atoms with van der Waals surface area (Å²) in [5.41, 5.74) is 6.30. The van der Waals surface area contributed by atoms with E-state index in [-0.39, 0.29) is 11.3 Å². The van der Waals surface area contributed by atoms with Crippen LogP contribution in [0.4, 0.5) is 0 Å². The molecule has 0 saturated heterocycles. The van der Waals surface area contributed by atoms with E-state index in [0.29, 0.717) is 12.4 Å². The highest BCUT2D eigenvalue weighted by atomic mass is 32.2. The Labute approximate surface area is 121 Å². The quantitative estimate of drug-likeness (QED) is 0.865. The van der Waals surface area contributed by atoms with Crippen LogP contribution in [0.1, 0.15) is 64.2 Å². The van der Waals surface area contributed by atoms with Crippen molar-refractivity contribution >= 4 is 10.8 Å². The van der Waals surface area contributed by atoms with Gasteiger partial charge in [-0.1, -0.05) is 51.4 Å². The lowest BCUT2D eigenvalue weighted by Crippen LogP contribution is -2.39. The zero-order valence-corrected chi connectivity index (χ0v) is 13.3. The average molecular weight is 289 g/mol. The van der Waals surface area contributed by atoms with Crippen LogP contribution in [0.3, 0.4) is 0 Å². The van der Waals surface area contributed by atoms with Crippen LogP contribution in [0.5, 0.6) is 0 Å². The van der Waals surface area contributed by atoms with Gasteiger partial charge in [-0.15, -0.1) is 0 Å². The normalized spacial score (nSPS) is 29.2. The third-order valence-electron chi connectivity index (χ3n) is 4.08. The molecule has 19 heavy (non-hydrogen) atoms. The maximum atomic E-state index is 12.3. The number of nitrogens with two attached hydrogens (primary N) is 1. The molecule has 0 spiro atoms. The van der Waals surface area contributed by atoms with Crippen LogP contribution in [0.15, 0.2) is 0 Å². The number of methoxy groups -OCH3 is 1. The highest BCUT2D eigenvalue weighted by Crippen LogP contribution is 2.19. The molecule has 0 aliphatic heterocycles. The van der Waals surface area contributed by atoms with E-state index in [0.717, 1.165) is 12.8 Å². The molecule has 0 aromatic heterocycles. The Hall–Kier alpha value is 0.0700. The molecule has 2 N–H and O–H groups in total. The van der Waals surface area contributed by atoms with Gasteiger partial charge in [0.2, 0.25) is 0 Å². The Morgan fingerprint density at radius 3 is 2.11 bits per heavy atom. The fourth-order valence-electron chi connectivity index (χ4n) is 2.83. The summed E-state index contributed by atoms with van der Waals surface area (Å²) in [5.74, 6) is 0.634. The van der Waals surface area contributed by atoms with E-state index in [1.54, 1.807) is 7.11 Å². The van der Waals surface area contributed by atoms with Crippen molar-refractivity contribution in [3.8, 4) is 0 Å². The Morgan fingerprint density at radius 2 is 1.53 bits per heavy atom. The largest absolute Gasteiger partial charge is 0.384 e. The van der Waals surface area contributed by atoms with Crippen molar-refractivity contribution in [2.75, 3.05) is 19.5 Å². The van der Waals surface area contributed by atoms with Crippen LogP contribution in [-0.4, -0.2) is 35.0 Å². The maximum Gasteiger partial charge on any atom is 0.0577 e. The molecule has 1 fully saturated rings. The summed E-state index contributed by atoms with van der Waals surface area (Å²) in [6.07, 6.45) is 12.4. The fourth-order valence-corrected chi connectivity index (χ4v) is 4.42. The maximum absolute atomic E-state index is 12.3. The van der Waals surface area contributed by atoms with E-state index < -0.39 is 10.8 Å². The summed E-state index contributed by atoms with van der Waals surface area (Å²) >= 11 is 0. The lowest BCUT2D eigenvalue weighted by atomic mass is 9.98. The van der Waals surface area contributed by atoms with Crippen LogP contribution in [0, 0.1) is 0 Å². The second-order valence-electron chi connectivity index (χ2n) is 5.69. The first-order chi connectivity index (χ1) is 9.25. The zero-order chi connectivity index (χ0) is 13.9. The lowest BCUT2D eigenvalue weighted by molar-refractivity contribution is 0.217. The van der Waals surface area contributed by atoms with Gasteiger partial charge in [0.05, 0.1) is 6.61 Å². The smallest absolute Gasteiger partial charge is 0.0577 e. The number of rotatable bonds is 4. The molecule has 0 aromatic rings. The fraction of sp³-hybridized carbons (Fsp3) is 1.00. The second kappa shape index (κ2) is 10.8. The highest BCUT2D eigenvalue weighted by molar-refractivity contribution is 7.85. The summed E-state index contributed by atoms with van der Waals surface area (Å²) in [7, 11) is 0.836.